The molecule has 0 saturated carbocycles. The quantitative estimate of drug-likeness (QED) is 0.0160. The van der Waals surface area contributed by atoms with Crippen molar-refractivity contribution in [1.29, 1.82) is 0 Å². The Kier molecular flexibility index (Phi) is 29.7. The SMILES string of the molecule is CCCCCCCC/C=C\CCCCCCCC(=O)OC[C@H](COP(=O)(O)OCC[N+](C)(C)C)OC(=O)CCCCCCCC(=O)/C=C/C(=O)O. The van der Waals surface area contributed by atoms with Gasteiger partial charge >= 0.3 is 25.7 Å². The third-order valence-corrected chi connectivity index (χ3v) is 9.01. The molecule has 0 rings (SSSR count). The van der Waals surface area contributed by atoms with Crippen LogP contribution in [0.15, 0.2) is 24.3 Å². The Morgan fingerprint density at radius 3 is 1.73 bits per heavy atom. The van der Waals surface area contributed by atoms with Gasteiger partial charge in [-0.2, -0.15) is 0 Å². The van der Waals surface area contributed by atoms with Crippen LogP contribution in [0, 0.1) is 0 Å². The number of ketones is 1. The average Bonchev–Trinajstić information content (AvgIpc) is 3.05. The average molecular weight is 747 g/mol. The third kappa shape index (κ3) is 35.8. The molecule has 0 radical (unpaired) electrons. The summed E-state index contributed by atoms with van der Waals surface area (Å²) in [6.07, 6.45) is 24.4. The van der Waals surface area contributed by atoms with Gasteiger partial charge in [0.2, 0.25) is 0 Å². The van der Waals surface area contributed by atoms with Crippen molar-refractivity contribution in [2.45, 2.75) is 148 Å². The van der Waals surface area contributed by atoms with Crippen LogP contribution in [0.5, 0.6) is 0 Å². The molecule has 0 bridgehead atoms. The van der Waals surface area contributed by atoms with Crippen LogP contribution in [0.1, 0.15) is 142 Å². The van der Waals surface area contributed by atoms with Gasteiger partial charge in [0.25, 0.3) is 0 Å². The highest BCUT2D eigenvalue weighted by Crippen LogP contribution is 2.43. The van der Waals surface area contributed by atoms with Gasteiger partial charge in [0, 0.05) is 25.3 Å². The number of phosphoric acid groups is 1. The van der Waals surface area contributed by atoms with Crippen LogP contribution < -0.4 is 0 Å². The molecule has 0 aromatic carbocycles. The summed E-state index contributed by atoms with van der Waals surface area (Å²) in [6, 6.07) is 0. The standard InChI is InChI=1S/C38H68NO11P/c1-5-6-7-8-9-10-11-12-13-14-15-16-17-20-23-26-37(43)47-32-35(33-49-51(45,46)48-31-30-39(2,3)4)50-38(44)27-24-21-18-19-22-25-34(40)28-29-36(41)42/h12-13,28-29,35H,5-11,14-27,30-33H2,1-4H3,(H-,41,42,45,46)/p+1/b13-12-,29-28+/t35-/m1/s1. The monoisotopic (exact) mass is 746 g/mol. The highest BCUT2D eigenvalue weighted by Gasteiger charge is 2.27. The first-order valence-electron chi connectivity index (χ1n) is 19.1. The molecule has 0 aliphatic rings. The molecule has 0 spiro atoms. The number of hydrogen-bond acceptors (Lipinski definition) is 9. The molecule has 1 unspecified atom stereocenters. The fourth-order valence-corrected chi connectivity index (χ4v) is 5.69. The van der Waals surface area contributed by atoms with Crippen molar-refractivity contribution >= 4 is 31.5 Å². The number of carboxylic acids is 1. The first-order valence-corrected chi connectivity index (χ1v) is 20.6. The zero-order chi connectivity index (χ0) is 38.2. The van der Waals surface area contributed by atoms with E-state index in [1.165, 1.54) is 38.5 Å². The molecular formula is C38H69NO11P+. The lowest BCUT2D eigenvalue weighted by atomic mass is 10.1. The van der Waals surface area contributed by atoms with Crippen LogP contribution >= 0.6 is 7.82 Å². The number of likely N-dealkylation sites (N-methyl/N-ethyl adjacent to an activating group) is 1. The molecule has 0 aliphatic heterocycles. The van der Waals surface area contributed by atoms with Gasteiger partial charge in [-0.05, 0) is 51.0 Å². The van der Waals surface area contributed by atoms with Crippen molar-refractivity contribution in [2.75, 3.05) is 47.5 Å². The largest absolute Gasteiger partial charge is 0.478 e. The van der Waals surface area contributed by atoms with Gasteiger partial charge in [-0.25, -0.2) is 9.36 Å². The number of quaternary nitrogens is 1. The van der Waals surface area contributed by atoms with Crippen LogP contribution in [0.2, 0.25) is 0 Å². The van der Waals surface area contributed by atoms with Crippen molar-refractivity contribution in [1.82, 2.24) is 0 Å². The van der Waals surface area contributed by atoms with E-state index in [-0.39, 0.29) is 38.3 Å². The Bertz CT molecular complexity index is 1050. The first kappa shape index (κ1) is 48.6. The van der Waals surface area contributed by atoms with Crippen LogP contribution in [-0.4, -0.2) is 91.8 Å². The molecule has 13 heteroatoms. The molecule has 0 heterocycles. The van der Waals surface area contributed by atoms with E-state index in [0.29, 0.717) is 36.7 Å². The number of carbonyl (C=O) groups excluding carboxylic acids is 3. The Morgan fingerprint density at radius 2 is 1.18 bits per heavy atom. The van der Waals surface area contributed by atoms with Crippen molar-refractivity contribution in [3.8, 4) is 0 Å². The number of carbonyl (C=O) groups is 4. The lowest BCUT2D eigenvalue weighted by molar-refractivity contribution is -0.870. The van der Waals surface area contributed by atoms with Gasteiger partial charge in [-0.1, -0.05) is 89.7 Å². The first-order chi connectivity index (χ1) is 24.2. The summed E-state index contributed by atoms with van der Waals surface area (Å²) in [6.45, 7) is 1.91. The number of carboxylic acid groups (broad SMARTS) is 1. The second-order valence-corrected chi connectivity index (χ2v) is 15.6. The highest BCUT2D eigenvalue weighted by atomic mass is 31.2. The minimum Gasteiger partial charge on any atom is -0.478 e. The summed E-state index contributed by atoms with van der Waals surface area (Å²) in [5, 5.41) is 8.57. The summed E-state index contributed by atoms with van der Waals surface area (Å²) >= 11 is 0. The van der Waals surface area contributed by atoms with E-state index in [1.807, 2.05) is 21.1 Å². The van der Waals surface area contributed by atoms with E-state index in [0.717, 1.165) is 63.5 Å². The maximum absolute atomic E-state index is 12.6. The highest BCUT2D eigenvalue weighted by molar-refractivity contribution is 7.47. The van der Waals surface area contributed by atoms with Gasteiger partial charge < -0.3 is 24.0 Å². The smallest absolute Gasteiger partial charge is 0.472 e. The second kappa shape index (κ2) is 31.2. The van der Waals surface area contributed by atoms with E-state index in [4.69, 9.17) is 23.6 Å². The normalized spacial score (nSPS) is 13.7. The van der Waals surface area contributed by atoms with Crippen LogP contribution in [0.25, 0.3) is 0 Å². The molecule has 0 amide bonds. The van der Waals surface area contributed by atoms with Crippen molar-refractivity contribution in [2.24, 2.45) is 0 Å². The van der Waals surface area contributed by atoms with Gasteiger partial charge in [0.05, 0.1) is 27.7 Å². The molecule has 0 fully saturated rings. The maximum atomic E-state index is 12.6. The summed E-state index contributed by atoms with van der Waals surface area (Å²) in [4.78, 5) is 57.2. The Morgan fingerprint density at radius 1 is 0.667 bits per heavy atom. The number of hydrogen-bond donors (Lipinski definition) is 2. The lowest BCUT2D eigenvalue weighted by Gasteiger charge is -2.24. The van der Waals surface area contributed by atoms with Gasteiger partial charge in [0.1, 0.15) is 19.8 Å². The number of esters is 2. The third-order valence-electron chi connectivity index (χ3n) is 8.03. The minimum absolute atomic E-state index is 0.0140. The van der Waals surface area contributed by atoms with Gasteiger partial charge in [0.15, 0.2) is 11.9 Å². The summed E-state index contributed by atoms with van der Waals surface area (Å²) in [7, 11) is 1.31. The second-order valence-electron chi connectivity index (χ2n) is 14.1. The topological polar surface area (TPSA) is 163 Å². The van der Waals surface area contributed by atoms with E-state index >= 15 is 0 Å². The predicted octanol–water partition coefficient (Wildman–Crippen LogP) is 8.26. The number of rotatable bonds is 35. The Labute approximate surface area is 307 Å². The zero-order valence-electron chi connectivity index (χ0n) is 32.0. The molecule has 2 atom stereocenters. The number of unbranched alkanes of at least 4 members (excludes halogenated alkanes) is 15. The molecule has 12 nitrogen and oxygen atoms in total. The molecule has 0 aliphatic carbocycles. The van der Waals surface area contributed by atoms with Crippen molar-refractivity contribution in [3.05, 3.63) is 24.3 Å². The van der Waals surface area contributed by atoms with E-state index in [2.05, 4.69) is 19.1 Å². The summed E-state index contributed by atoms with van der Waals surface area (Å²) in [5.74, 6) is -2.39. The fourth-order valence-electron chi connectivity index (χ4n) is 4.95. The fraction of sp³-hybridized carbons (Fsp3) is 0.789. The van der Waals surface area contributed by atoms with E-state index in [1.54, 1.807) is 0 Å². The van der Waals surface area contributed by atoms with Gasteiger partial charge in [-0.3, -0.25) is 23.4 Å². The predicted molar refractivity (Wildman–Crippen MR) is 199 cm³/mol. The summed E-state index contributed by atoms with van der Waals surface area (Å²) in [5.41, 5.74) is 0. The van der Waals surface area contributed by atoms with Crippen LogP contribution in [-0.2, 0) is 42.3 Å². The number of allylic oxidation sites excluding steroid dienone is 3. The Balaban J connectivity index is 4.48. The molecule has 0 aromatic heterocycles. The number of ether oxygens (including phenoxy) is 2. The zero-order valence-corrected chi connectivity index (χ0v) is 32.9. The van der Waals surface area contributed by atoms with Crippen molar-refractivity contribution in [3.63, 3.8) is 0 Å². The lowest BCUT2D eigenvalue weighted by Crippen LogP contribution is -2.37. The number of nitrogens with zero attached hydrogens (tertiary/aromatic N) is 1. The molecular weight excluding hydrogens is 677 g/mol. The molecule has 0 saturated heterocycles. The van der Waals surface area contributed by atoms with Gasteiger partial charge in [-0.15, -0.1) is 0 Å². The minimum atomic E-state index is -4.43. The summed E-state index contributed by atoms with van der Waals surface area (Å²) < 4.78 is 33.9. The number of phosphoric ester groups is 1. The van der Waals surface area contributed by atoms with Crippen LogP contribution in [0.3, 0.4) is 0 Å². The Hall–Kier alpha value is -2.37. The van der Waals surface area contributed by atoms with Crippen molar-refractivity contribution < 1.29 is 56.7 Å². The number of aliphatic carboxylic acids is 1. The maximum Gasteiger partial charge on any atom is 0.472 e. The molecule has 0 aromatic rings. The van der Waals surface area contributed by atoms with E-state index < -0.39 is 38.4 Å². The molecule has 2 N–H and O–H groups in total. The molecule has 296 valence electrons. The van der Waals surface area contributed by atoms with E-state index in [9.17, 15) is 28.6 Å². The van der Waals surface area contributed by atoms with Crippen LogP contribution in [0.4, 0.5) is 0 Å². The molecule has 51 heavy (non-hydrogen) atoms.